The maximum atomic E-state index is 13.3. The van der Waals surface area contributed by atoms with Crippen molar-refractivity contribution in [1.82, 2.24) is 23.9 Å². The molecule has 0 radical (unpaired) electrons. The molecular formula is C27H34N5O2PS. The molecule has 0 saturated carbocycles. The molecule has 0 spiro atoms. The first kappa shape index (κ1) is 25.1. The molecule has 0 amide bonds. The second-order valence-electron chi connectivity index (χ2n) is 9.85. The Balaban J connectivity index is 1.42. The van der Waals surface area contributed by atoms with Crippen molar-refractivity contribution in [3.63, 3.8) is 0 Å². The monoisotopic (exact) mass is 523 g/mol. The van der Waals surface area contributed by atoms with Crippen molar-refractivity contribution in [3.05, 3.63) is 66.1 Å². The third-order valence-electron chi connectivity index (χ3n) is 7.68. The molecule has 0 N–H and O–H groups in total. The van der Waals surface area contributed by atoms with Gasteiger partial charge in [0, 0.05) is 31.2 Å². The summed E-state index contributed by atoms with van der Waals surface area (Å²) < 4.78 is 31.9. The minimum atomic E-state index is -3.54. The fourth-order valence-corrected chi connectivity index (χ4v) is 7.11. The predicted octanol–water partition coefficient (Wildman–Crippen LogP) is 4.57. The van der Waals surface area contributed by atoms with E-state index in [-0.39, 0.29) is 5.41 Å². The summed E-state index contributed by atoms with van der Waals surface area (Å²) in [6, 6.07) is 12.8. The Morgan fingerprint density at radius 2 is 1.75 bits per heavy atom. The zero-order valence-electron chi connectivity index (χ0n) is 21.2. The maximum Gasteiger partial charge on any atom is 0.246 e. The fraction of sp³-hybridized carbons (Fsp3) is 0.407. The molecule has 1 saturated heterocycles. The van der Waals surface area contributed by atoms with Crippen LogP contribution in [0.15, 0.2) is 59.9 Å². The van der Waals surface area contributed by atoms with Gasteiger partial charge >= 0.3 is 0 Å². The molecule has 1 unspecified atom stereocenters. The summed E-state index contributed by atoms with van der Waals surface area (Å²) >= 11 is 0. The quantitative estimate of drug-likeness (QED) is 0.333. The summed E-state index contributed by atoms with van der Waals surface area (Å²) in [6.07, 6.45) is 8.54. The molecule has 1 aliphatic heterocycles. The Bertz CT molecular complexity index is 1480. The fourth-order valence-electron chi connectivity index (χ4n) is 5.52. The Kier molecular flexibility index (Phi) is 6.79. The molecule has 9 heteroatoms. The number of benzene rings is 2. The number of aryl methyl sites for hydroxylation is 2. The van der Waals surface area contributed by atoms with Crippen LogP contribution in [0.5, 0.6) is 0 Å². The van der Waals surface area contributed by atoms with E-state index in [1.54, 1.807) is 15.2 Å². The molecule has 7 nitrogen and oxygen atoms in total. The van der Waals surface area contributed by atoms with Gasteiger partial charge in [0.05, 0.1) is 23.6 Å². The van der Waals surface area contributed by atoms with Gasteiger partial charge in [0.15, 0.2) is 0 Å². The van der Waals surface area contributed by atoms with Gasteiger partial charge in [-0.25, -0.2) is 13.1 Å². The van der Waals surface area contributed by atoms with Gasteiger partial charge in [0.25, 0.3) is 0 Å². The van der Waals surface area contributed by atoms with Gasteiger partial charge in [-0.3, -0.25) is 4.68 Å². The van der Waals surface area contributed by atoms with Crippen molar-refractivity contribution in [3.8, 4) is 5.69 Å². The van der Waals surface area contributed by atoms with Crippen LogP contribution in [-0.4, -0.2) is 45.4 Å². The van der Waals surface area contributed by atoms with Crippen molar-refractivity contribution < 1.29 is 8.42 Å². The van der Waals surface area contributed by atoms with E-state index in [9.17, 15) is 8.42 Å². The molecule has 3 heterocycles. The molecule has 2 aromatic carbocycles. The molecule has 2 aromatic heterocycles. The smallest absolute Gasteiger partial charge is 0.246 e. The van der Waals surface area contributed by atoms with Crippen LogP contribution in [0.3, 0.4) is 0 Å². The number of hydrogen-bond acceptors (Lipinski definition) is 4. The van der Waals surface area contributed by atoms with E-state index in [4.69, 9.17) is 0 Å². The minimum Gasteiger partial charge on any atom is -0.271 e. The van der Waals surface area contributed by atoms with E-state index in [1.807, 2.05) is 10.9 Å². The van der Waals surface area contributed by atoms with Gasteiger partial charge < -0.3 is 0 Å². The molecular weight excluding hydrogens is 489 g/mol. The summed E-state index contributed by atoms with van der Waals surface area (Å²) in [5.41, 5.74) is 4.60. The highest BCUT2D eigenvalue weighted by molar-refractivity contribution is 7.89. The Labute approximate surface area is 215 Å². The Morgan fingerprint density at radius 3 is 2.42 bits per heavy atom. The number of fused-ring (bicyclic) bond motifs is 1. The number of aromatic nitrogens is 4. The van der Waals surface area contributed by atoms with E-state index in [0.29, 0.717) is 18.0 Å². The second-order valence-corrected chi connectivity index (χ2v) is 12.5. The minimum absolute atomic E-state index is 0.0557. The molecule has 1 atom stereocenters. The van der Waals surface area contributed by atoms with Crippen molar-refractivity contribution in [2.45, 2.75) is 63.3 Å². The van der Waals surface area contributed by atoms with Crippen LogP contribution >= 0.6 is 9.24 Å². The number of nitrogens with zero attached hydrogens (tertiary/aromatic N) is 5. The highest BCUT2D eigenvalue weighted by atomic mass is 32.2. The van der Waals surface area contributed by atoms with Crippen LogP contribution in [0.2, 0.25) is 0 Å². The topological polar surface area (TPSA) is 73.0 Å². The largest absolute Gasteiger partial charge is 0.271 e. The number of piperidine rings is 1. The molecule has 4 aromatic rings. The summed E-state index contributed by atoms with van der Waals surface area (Å²) in [5, 5.41) is 11.2. The number of rotatable bonds is 7. The van der Waals surface area contributed by atoms with E-state index >= 15 is 0 Å². The van der Waals surface area contributed by atoms with Crippen LogP contribution < -0.4 is 5.30 Å². The average molecular weight is 524 g/mol. The third kappa shape index (κ3) is 4.40. The first-order chi connectivity index (χ1) is 17.3. The Hall–Kier alpha value is -2.54. The van der Waals surface area contributed by atoms with E-state index in [1.165, 1.54) is 17.3 Å². The van der Waals surface area contributed by atoms with Gasteiger partial charge in [-0.2, -0.15) is 14.5 Å². The standard InChI is InChI=1S/C27H34N5O2PS/c1-4-12-30-19-24(18-28-30)36(33,34)31-13-10-27(5-2,11-14-31)25-16-21-17-29-32(26(21)15-20(25)3)22-6-8-23(35)9-7-22/h6-9,15-19H,4-5,10-14,35H2,1-3H3. The molecule has 5 rings (SSSR count). The average Bonchev–Trinajstić information content (AvgIpc) is 3.52. The van der Waals surface area contributed by atoms with Crippen molar-refractivity contribution in [1.29, 1.82) is 0 Å². The maximum absolute atomic E-state index is 13.3. The first-order valence-corrected chi connectivity index (χ1v) is 14.7. The van der Waals surface area contributed by atoms with E-state index < -0.39 is 10.0 Å². The van der Waals surface area contributed by atoms with Gasteiger partial charge in [0.2, 0.25) is 10.0 Å². The van der Waals surface area contributed by atoms with Gasteiger partial charge in [-0.1, -0.05) is 26.0 Å². The van der Waals surface area contributed by atoms with E-state index in [2.05, 4.69) is 76.6 Å². The summed E-state index contributed by atoms with van der Waals surface area (Å²) in [7, 11) is -0.827. The molecule has 1 aliphatic rings. The highest BCUT2D eigenvalue weighted by Gasteiger charge is 2.40. The Morgan fingerprint density at radius 1 is 1.03 bits per heavy atom. The van der Waals surface area contributed by atoms with E-state index in [0.717, 1.165) is 54.1 Å². The lowest BCUT2D eigenvalue weighted by Crippen LogP contribution is -2.45. The first-order valence-electron chi connectivity index (χ1n) is 12.6. The molecule has 36 heavy (non-hydrogen) atoms. The second kappa shape index (κ2) is 9.73. The van der Waals surface area contributed by atoms with Crippen LogP contribution in [0.25, 0.3) is 16.6 Å². The van der Waals surface area contributed by atoms with Gasteiger partial charge in [0.1, 0.15) is 4.90 Å². The SMILES string of the molecule is CCCn1cc(S(=O)(=O)N2CCC(CC)(c3cc4cnn(-c5ccc(P)cc5)c4cc3C)CC2)cn1. The molecule has 1 fully saturated rings. The normalized spacial score (nSPS) is 16.6. The number of sulfonamides is 1. The zero-order chi connectivity index (χ0) is 25.5. The van der Waals surface area contributed by atoms with Gasteiger partial charge in [-0.05, 0) is 78.7 Å². The van der Waals surface area contributed by atoms with Crippen molar-refractivity contribution in [2.24, 2.45) is 0 Å². The van der Waals surface area contributed by atoms with Crippen molar-refractivity contribution in [2.75, 3.05) is 13.1 Å². The van der Waals surface area contributed by atoms with Gasteiger partial charge in [-0.15, -0.1) is 9.24 Å². The molecule has 190 valence electrons. The lowest BCUT2D eigenvalue weighted by Gasteiger charge is -2.42. The van der Waals surface area contributed by atoms with Crippen LogP contribution in [0.1, 0.15) is 50.7 Å². The predicted molar refractivity (Wildman–Crippen MR) is 148 cm³/mol. The highest BCUT2D eigenvalue weighted by Crippen LogP contribution is 2.42. The van der Waals surface area contributed by atoms with Crippen LogP contribution in [0.4, 0.5) is 0 Å². The lowest BCUT2D eigenvalue weighted by atomic mass is 9.69. The molecule has 0 bridgehead atoms. The summed E-state index contributed by atoms with van der Waals surface area (Å²) in [5.74, 6) is 0. The zero-order valence-corrected chi connectivity index (χ0v) is 23.2. The number of hydrogen-bond donors (Lipinski definition) is 0. The van der Waals surface area contributed by atoms with Crippen LogP contribution in [0, 0.1) is 6.92 Å². The molecule has 0 aliphatic carbocycles. The van der Waals surface area contributed by atoms with Crippen molar-refractivity contribution >= 4 is 35.5 Å². The lowest BCUT2D eigenvalue weighted by molar-refractivity contribution is 0.225. The van der Waals surface area contributed by atoms with Crippen LogP contribution in [-0.2, 0) is 22.0 Å². The summed E-state index contributed by atoms with van der Waals surface area (Å²) in [4.78, 5) is 0.291. The summed E-state index contributed by atoms with van der Waals surface area (Å²) in [6.45, 7) is 8.17. The third-order valence-corrected chi connectivity index (χ3v) is 9.92.